The quantitative estimate of drug-likeness (QED) is 0.643. The summed E-state index contributed by atoms with van der Waals surface area (Å²) in [4.78, 5) is 12.6. The third-order valence-corrected chi connectivity index (χ3v) is 3.50. The second kappa shape index (κ2) is 8.72. The van der Waals surface area contributed by atoms with Crippen molar-refractivity contribution in [3.05, 3.63) is 66.5 Å². The molecule has 8 heteroatoms. The van der Waals surface area contributed by atoms with Gasteiger partial charge in [-0.15, -0.1) is 0 Å². The van der Waals surface area contributed by atoms with Gasteiger partial charge < -0.3 is 20.1 Å². The zero-order chi connectivity index (χ0) is 18.2. The molecule has 0 radical (unpaired) electrons. The van der Waals surface area contributed by atoms with E-state index < -0.39 is 0 Å². The standard InChI is InChI=1S/C18H17N5O2S/c1-24-15-10-16(25-14-7-3-2-4-8-14)22-17(21-15)23-18(26)20-12-13-6-5-9-19-11-13/h2-11H,12H2,1H3,(H2,20,21,22,23,26). The van der Waals surface area contributed by atoms with E-state index in [1.807, 2.05) is 42.5 Å². The van der Waals surface area contributed by atoms with Crippen LogP contribution in [0.1, 0.15) is 5.56 Å². The first-order valence-corrected chi connectivity index (χ1v) is 8.23. The van der Waals surface area contributed by atoms with Gasteiger partial charge in [0.05, 0.1) is 13.2 Å². The zero-order valence-corrected chi connectivity index (χ0v) is 14.9. The molecule has 0 aliphatic rings. The first kappa shape index (κ1) is 17.6. The molecule has 2 heterocycles. The molecular weight excluding hydrogens is 350 g/mol. The summed E-state index contributed by atoms with van der Waals surface area (Å²) >= 11 is 5.28. The number of nitrogens with zero attached hydrogens (tertiary/aromatic N) is 3. The maximum atomic E-state index is 5.73. The van der Waals surface area contributed by atoms with Crippen LogP contribution in [-0.4, -0.2) is 27.2 Å². The number of para-hydroxylation sites is 1. The third kappa shape index (κ3) is 5.12. The average molecular weight is 367 g/mol. The van der Waals surface area contributed by atoms with E-state index >= 15 is 0 Å². The summed E-state index contributed by atoms with van der Waals surface area (Å²) in [6.45, 7) is 0.539. The molecule has 0 saturated carbocycles. The Bertz CT molecular complexity index is 862. The Kier molecular flexibility index (Phi) is 5.89. The monoisotopic (exact) mass is 367 g/mol. The predicted octanol–water partition coefficient (Wildman–Crippen LogP) is 3.16. The van der Waals surface area contributed by atoms with Gasteiger partial charge in [-0.3, -0.25) is 4.98 Å². The van der Waals surface area contributed by atoms with E-state index in [-0.39, 0.29) is 5.95 Å². The fraction of sp³-hybridized carbons (Fsp3) is 0.111. The first-order valence-electron chi connectivity index (χ1n) is 7.82. The van der Waals surface area contributed by atoms with Crippen molar-refractivity contribution in [2.75, 3.05) is 12.4 Å². The highest BCUT2D eigenvalue weighted by Gasteiger charge is 2.08. The predicted molar refractivity (Wildman–Crippen MR) is 102 cm³/mol. The maximum absolute atomic E-state index is 5.73. The highest BCUT2D eigenvalue weighted by Crippen LogP contribution is 2.23. The minimum Gasteiger partial charge on any atom is -0.481 e. The number of rotatable bonds is 6. The molecule has 0 spiro atoms. The van der Waals surface area contributed by atoms with Crippen LogP contribution in [0.15, 0.2) is 60.9 Å². The molecule has 132 valence electrons. The van der Waals surface area contributed by atoms with Crippen molar-refractivity contribution in [1.82, 2.24) is 20.3 Å². The Hall–Kier alpha value is -3.26. The number of benzene rings is 1. The Morgan fingerprint density at radius 1 is 1.08 bits per heavy atom. The molecule has 1 aromatic carbocycles. The Morgan fingerprint density at radius 2 is 1.88 bits per heavy atom. The molecule has 0 bridgehead atoms. The molecule has 0 unspecified atom stereocenters. The molecule has 3 rings (SSSR count). The van der Waals surface area contributed by atoms with Crippen LogP contribution in [0.25, 0.3) is 0 Å². The molecule has 0 amide bonds. The molecule has 26 heavy (non-hydrogen) atoms. The lowest BCUT2D eigenvalue weighted by molar-refractivity contribution is 0.389. The second-order valence-corrected chi connectivity index (χ2v) is 5.56. The van der Waals surface area contributed by atoms with Gasteiger partial charge in [-0.1, -0.05) is 24.3 Å². The molecule has 0 saturated heterocycles. The van der Waals surface area contributed by atoms with Crippen LogP contribution in [0.3, 0.4) is 0 Å². The Labute approximate surface area is 156 Å². The smallest absolute Gasteiger partial charge is 0.235 e. The molecule has 7 nitrogen and oxygen atoms in total. The van der Waals surface area contributed by atoms with Crippen LogP contribution < -0.4 is 20.1 Å². The highest BCUT2D eigenvalue weighted by atomic mass is 32.1. The van der Waals surface area contributed by atoms with Crippen molar-refractivity contribution in [3.8, 4) is 17.5 Å². The van der Waals surface area contributed by atoms with Crippen molar-refractivity contribution < 1.29 is 9.47 Å². The number of nitrogens with one attached hydrogen (secondary N) is 2. The number of methoxy groups -OCH3 is 1. The van der Waals surface area contributed by atoms with Crippen molar-refractivity contribution in [2.24, 2.45) is 0 Å². The Morgan fingerprint density at radius 3 is 2.62 bits per heavy atom. The summed E-state index contributed by atoms with van der Waals surface area (Å²) in [7, 11) is 1.53. The van der Waals surface area contributed by atoms with Gasteiger partial charge in [-0.05, 0) is 36.0 Å². The molecule has 2 N–H and O–H groups in total. The van der Waals surface area contributed by atoms with Crippen molar-refractivity contribution in [2.45, 2.75) is 6.54 Å². The Balaban J connectivity index is 1.66. The number of aromatic nitrogens is 3. The summed E-state index contributed by atoms with van der Waals surface area (Å²) in [5, 5.41) is 6.39. The second-order valence-electron chi connectivity index (χ2n) is 5.16. The molecule has 0 aliphatic heterocycles. The normalized spacial score (nSPS) is 10.0. The molecular formula is C18H17N5O2S. The average Bonchev–Trinajstić information content (AvgIpc) is 2.68. The third-order valence-electron chi connectivity index (χ3n) is 3.26. The van der Waals surface area contributed by atoms with Gasteiger partial charge in [0, 0.05) is 18.9 Å². The van der Waals surface area contributed by atoms with E-state index in [9.17, 15) is 0 Å². The number of ether oxygens (including phenoxy) is 2. The zero-order valence-electron chi connectivity index (χ0n) is 14.0. The number of anilines is 1. The van der Waals surface area contributed by atoms with E-state index in [0.29, 0.717) is 29.2 Å². The van der Waals surface area contributed by atoms with Crippen LogP contribution in [-0.2, 0) is 6.54 Å². The molecule has 0 aliphatic carbocycles. The van der Waals surface area contributed by atoms with E-state index in [1.165, 1.54) is 7.11 Å². The van der Waals surface area contributed by atoms with Gasteiger partial charge in [0.1, 0.15) is 5.75 Å². The summed E-state index contributed by atoms with van der Waals surface area (Å²) in [5.74, 6) is 1.65. The number of thiocarbonyl (C=S) groups is 1. The fourth-order valence-corrected chi connectivity index (χ4v) is 2.22. The minimum atomic E-state index is 0.277. The molecule has 0 fully saturated rings. The SMILES string of the molecule is COc1cc(Oc2ccccc2)nc(NC(=S)NCc2cccnc2)n1. The van der Waals surface area contributed by atoms with Gasteiger partial charge in [0.15, 0.2) is 5.11 Å². The van der Waals surface area contributed by atoms with Gasteiger partial charge in [-0.2, -0.15) is 9.97 Å². The lowest BCUT2D eigenvalue weighted by atomic mass is 10.3. The van der Waals surface area contributed by atoms with Crippen LogP contribution in [0.5, 0.6) is 17.5 Å². The van der Waals surface area contributed by atoms with Crippen molar-refractivity contribution in [3.63, 3.8) is 0 Å². The molecule has 2 aromatic heterocycles. The van der Waals surface area contributed by atoms with E-state index in [1.54, 1.807) is 18.5 Å². The maximum Gasteiger partial charge on any atom is 0.235 e. The van der Waals surface area contributed by atoms with Crippen molar-refractivity contribution >= 4 is 23.3 Å². The fourth-order valence-electron chi connectivity index (χ4n) is 2.06. The molecule has 3 aromatic rings. The number of hydrogen-bond donors (Lipinski definition) is 2. The summed E-state index contributed by atoms with van der Waals surface area (Å²) in [6.07, 6.45) is 3.49. The summed E-state index contributed by atoms with van der Waals surface area (Å²) in [5.41, 5.74) is 1.01. The topological polar surface area (TPSA) is 81.2 Å². The van der Waals surface area contributed by atoms with E-state index in [0.717, 1.165) is 5.56 Å². The van der Waals surface area contributed by atoms with Crippen LogP contribution in [0, 0.1) is 0 Å². The minimum absolute atomic E-state index is 0.277. The van der Waals surface area contributed by atoms with Crippen molar-refractivity contribution in [1.29, 1.82) is 0 Å². The number of hydrogen-bond acceptors (Lipinski definition) is 6. The summed E-state index contributed by atoms with van der Waals surface area (Å²) < 4.78 is 10.9. The van der Waals surface area contributed by atoms with Crippen LogP contribution in [0.4, 0.5) is 5.95 Å². The van der Waals surface area contributed by atoms with Gasteiger partial charge >= 0.3 is 0 Å². The lowest BCUT2D eigenvalue weighted by Crippen LogP contribution is -2.28. The van der Waals surface area contributed by atoms with Gasteiger partial charge in [0.25, 0.3) is 0 Å². The first-order chi connectivity index (χ1) is 12.7. The largest absolute Gasteiger partial charge is 0.481 e. The highest BCUT2D eigenvalue weighted by molar-refractivity contribution is 7.80. The van der Waals surface area contributed by atoms with Gasteiger partial charge in [-0.25, -0.2) is 0 Å². The van der Waals surface area contributed by atoms with Crippen LogP contribution >= 0.6 is 12.2 Å². The van der Waals surface area contributed by atoms with Crippen LogP contribution in [0.2, 0.25) is 0 Å². The van der Waals surface area contributed by atoms with E-state index in [4.69, 9.17) is 21.7 Å². The molecule has 0 atom stereocenters. The van der Waals surface area contributed by atoms with E-state index in [2.05, 4.69) is 25.6 Å². The van der Waals surface area contributed by atoms with Gasteiger partial charge in [0.2, 0.25) is 17.7 Å². The lowest BCUT2D eigenvalue weighted by Gasteiger charge is -2.11. The summed E-state index contributed by atoms with van der Waals surface area (Å²) in [6, 6.07) is 14.8. The number of pyridine rings is 1.